The second kappa shape index (κ2) is 13.1. The molecule has 7 heteroatoms. The summed E-state index contributed by atoms with van der Waals surface area (Å²) in [6.45, 7) is 4.19. The minimum Gasteiger partial charge on any atom is -0.497 e. The number of hydrazine groups is 1. The Morgan fingerprint density at radius 3 is 2.15 bits per heavy atom. The van der Waals surface area contributed by atoms with Gasteiger partial charge in [0.2, 0.25) is 0 Å². The molecule has 2 amide bonds. The summed E-state index contributed by atoms with van der Waals surface area (Å²) in [6, 6.07) is 31.2. The lowest BCUT2D eigenvalue weighted by molar-refractivity contribution is -0.131. The van der Waals surface area contributed by atoms with E-state index in [1.807, 2.05) is 86.6 Å². The number of benzene rings is 4. The van der Waals surface area contributed by atoms with Gasteiger partial charge in [0.1, 0.15) is 11.8 Å². The molecule has 0 aromatic heterocycles. The van der Waals surface area contributed by atoms with E-state index in [9.17, 15) is 9.59 Å². The van der Waals surface area contributed by atoms with Gasteiger partial charge in [-0.1, -0.05) is 54.1 Å². The van der Waals surface area contributed by atoms with Gasteiger partial charge in [-0.15, -0.1) is 0 Å². The van der Waals surface area contributed by atoms with Gasteiger partial charge in [0.05, 0.1) is 24.4 Å². The molecule has 1 unspecified atom stereocenters. The molecule has 1 atom stereocenters. The zero-order chi connectivity index (χ0) is 28.5. The molecule has 202 valence electrons. The number of ether oxygens (including phenoxy) is 1. The second-order valence-electron chi connectivity index (χ2n) is 9.41. The van der Waals surface area contributed by atoms with E-state index in [0.717, 1.165) is 27.9 Å². The van der Waals surface area contributed by atoms with Gasteiger partial charge < -0.3 is 10.1 Å². The number of rotatable bonds is 10. The van der Waals surface area contributed by atoms with Crippen LogP contribution in [0.25, 0.3) is 11.1 Å². The Morgan fingerprint density at radius 2 is 1.57 bits per heavy atom. The maximum absolute atomic E-state index is 13.8. The molecule has 0 bridgehead atoms. The number of hydrogen-bond donors (Lipinski definition) is 2. The van der Waals surface area contributed by atoms with Crippen molar-refractivity contribution in [3.8, 4) is 22.9 Å². The lowest BCUT2D eigenvalue weighted by atomic mass is 9.99. The number of nitriles is 1. The Kier molecular flexibility index (Phi) is 9.16. The third kappa shape index (κ3) is 7.06. The fraction of sp³-hybridized carbons (Fsp3) is 0.182. The Morgan fingerprint density at radius 1 is 0.925 bits per heavy atom. The summed E-state index contributed by atoms with van der Waals surface area (Å²) in [5.41, 5.74) is 8.85. The van der Waals surface area contributed by atoms with Crippen LogP contribution in [-0.2, 0) is 11.2 Å². The van der Waals surface area contributed by atoms with E-state index in [0.29, 0.717) is 29.8 Å². The summed E-state index contributed by atoms with van der Waals surface area (Å²) in [7, 11) is 1.60. The van der Waals surface area contributed by atoms with Crippen LogP contribution in [0.5, 0.6) is 5.75 Å². The first kappa shape index (κ1) is 27.9. The van der Waals surface area contributed by atoms with Crippen molar-refractivity contribution >= 4 is 17.5 Å². The van der Waals surface area contributed by atoms with Crippen molar-refractivity contribution in [3.05, 3.63) is 119 Å². The quantitative estimate of drug-likeness (QED) is 0.253. The minimum atomic E-state index is -0.806. The Labute approximate surface area is 235 Å². The van der Waals surface area contributed by atoms with E-state index in [1.165, 1.54) is 5.01 Å². The smallest absolute Gasteiger partial charge is 0.263 e. The van der Waals surface area contributed by atoms with Gasteiger partial charge in [-0.05, 0) is 79.1 Å². The number of likely N-dealkylation sites (N-methyl/N-ethyl adjacent to an activating group) is 1. The molecule has 0 aliphatic heterocycles. The molecule has 0 saturated heterocycles. The maximum Gasteiger partial charge on any atom is 0.263 e. The van der Waals surface area contributed by atoms with Gasteiger partial charge in [0.15, 0.2) is 0 Å². The predicted molar refractivity (Wildman–Crippen MR) is 157 cm³/mol. The van der Waals surface area contributed by atoms with Crippen LogP contribution >= 0.6 is 0 Å². The molecule has 0 saturated carbocycles. The number of anilines is 1. The molecule has 40 heavy (non-hydrogen) atoms. The molecule has 0 spiro atoms. The van der Waals surface area contributed by atoms with Crippen LogP contribution < -0.4 is 15.5 Å². The molecule has 0 aliphatic carbocycles. The molecule has 4 aromatic carbocycles. The van der Waals surface area contributed by atoms with Gasteiger partial charge in [0, 0.05) is 18.5 Å². The van der Waals surface area contributed by atoms with Crippen LogP contribution in [-0.4, -0.2) is 36.5 Å². The number of nitrogens with zero attached hydrogens (tertiary/aromatic N) is 2. The highest BCUT2D eigenvalue weighted by molar-refractivity contribution is 5.98. The van der Waals surface area contributed by atoms with Crippen molar-refractivity contribution in [2.45, 2.75) is 26.3 Å². The molecule has 0 aliphatic rings. The molecular weight excluding hydrogens is 500 g/mol. The van der Waals surface area contributed by atoms with Gasteiger partial charge in [-0.3, -0.25) is 20.0 Å². The number of methoxy groups -OCH3 is 1. The molecule has 0 fully saturated rings. The van der Waals surface area contributed by atoms with Crippen LogP contribution in [0.2, 0.25) is 0 Å². The van der Waals surface area contributed by atoms with E-state index in [2.05, 4.69) is 16.8 Å². The lowest BCUT2D eigenvalue weighted by Gasteiger charge is -2.28. The van der Waals surface area contributed by atoms with Crippen molar-refractivity contribution in [2.75, 3.05) is 19.1 Å². The first-order valence-corrected chi connectivity index (χ1v) is 13.1. The zero-order valence-corrected chi connectivity index (χ0v) is 22.8. The standard InChI is InChI=1S/C33H32N4O3/c1-4-37(36-29-16-18-30(40-3)19-17-29)33(39)31(35-32(38)28-7-5-6-23(2)20-28)21-24-8-12-26(13-9-24)27-14-10-25(22-34)11-15-27/h5-20,31,36H,4,21H2,1-3H3,(H,35,38). The number of hydrogen-bond acceptors (Lipinski definition) is 5. The third-order valence-corrected chi connectivity index (χ3v) is 6.56. The molecule has 4 aromatic rings. The summed E-state index contributed by atoms with van der Waals surface area (Å²) < 4.78 is 5.23. The van der Waals surface area contributed by atoms with Crippen LogP contribution in [0.4, 0.5) is 5.69 Å². The van der Waals surface area contributed by atoms with Gasteiger partial charge in [0.25, 0.3) is 11.8 Å². The van der Waals surface area contributed by atoms with E-state index in [-0.39, 0.29) is 11.8 Å². The third-order valence-electron chi connectivity index (χ3n) is 6.56. The predicted octanol–water partition coefficient (Wildman–Crippen LogP) is 5.76. The first-order valence-electron chi connectivity index (χ1n) is 13.1. The molecule has 2 N–H and O–H groups in total. The highest BCUT2D eigenvalue weighted by atomic mass is 16.5. The SMILES string of the molecule is CCN(Nc1ccc(OC)cc1)C(=O)C(Cc1ccc(-c2ccc(C#N)cc2)cc1)NC(=O)c1cccc(C)c1. The summed E-state index contributed by atoms with van der Waals surface area (Å²) in [5.74, 6) is 0.153. The van der Waals surface area contributed by atoms with E-state index in [1.54, 1.807) is 31.4 Å². The Bertz CT molecular complexity index is 1490. The molecule has 4 rings (SSSR count). The average Bonchev–Trinajstić information content (AvgIpc) is 3.00. The highest BCUT2D eigenvalue weighted by Gasteiger charge is 2.26. The van der Waals surface area contributed by atoms with E-state index >= 15 is 0 Å². The van der Waals surface area contributed by atoms with Crippen LogP contribution in [0.15, 0.2) is 97.1 Å². The van der Waals surface area contributed by atoms with Crippen molar-refractivity contribution in [1.29, 1.82) is 5.26 Å². The summed E-state index contributed by atoms with van der Waals surface area (Å²) in [4.78, 5) is 27.0. The fourth-order valence-corrected chi connectivity index (χ4v) is 4.33. The second-order valence-corrected chi connectivity index (χ2v) is 9.41. The number of amides is 2. The van der Waals surface area contributed by atoms with Gasteiger partial charge in [-0.2, -0.15) is 5.26 Å². The average molecular weight is 533 g/mol. The molecule has 7 nitrogen and oxygen atoms in total. The lowest BCUT2D eigenvalue weighted by Crippen LogP contribution is -2.51. The van der Waals surface area contributed by atoms with E-state index < -0.39 is 6.04 Å². The number of aryl methyl sites for hydroxylation is 1. The summed E-state index contributed by atoms with van der Waals surface area (Å²) in [6.07, 6.45) is 0.310. The van der Waals surface area contributed by atoms with Crippen molar-refractivity contribution in [3.63, 3.8) is 0 Å². The van der Waals surface area contributed by atoms with Crippen LogP contribution in [0.3, 0.4) is 0 Å². The van der Waals surface area contributed by atoms with E-state index in [4.69, 9.17) is 10.00 Å². The van der Waals surface area contributed by atoms with Crippen molar-refractivity contribution in [1.82, 2.24) is 10.3 Å². The van der Waals surface area contributed by atoms with Crippen molar-refractivity contribution in [2.24, 2.45) is 0 Å². The highest BCUT2D eigenvalue weighted by Crippen LogP contribution is 2.22. The largest absolute Gasteiger partial charge is 0.497 e. The number of nitrogens with one attached hydrogen (secondary N) is 2. The summed E-state index contributed by atoms with van der Waals surface area (Å²) in [5, 5.41) is 13.5. The normalized spacial score (nSPS) is 11.2. The Hall–Kier alpha value is -5.09. The molecule has 0 radical (unpaired) electrons. The topological polar surface area (TPSA) is 94.5 Å². The number of carbonyl (C=O) groups excluding carboxylic acids is 2. The maximum atomic E-state index is 13.8. The van der Waals surface area contributed by atoms with Gasteiger partial charge >= 0.3 is 0 Å². The van der Waals surface area contributed by atoms with Crippen LogP contribution in [0.1, 0.15) is 34.0 Å². The number of carbonyl (C=O) groups is 2. The Balaban J connectivity index is 1.56. The van der Waals surface area contributed by atoms with Gasteiger partial charge in [-0.25, -0.2) is 0 Å². The first-order chi connectivity index (χ1) is 19.4. The van der Waals surface area contributed by atoms with Crippen molar-refractivity contribution < 1.29 is 14.3 Å². The zero-order valence-electron chi connectivity index (χ0n) is 22.8. The monoisotopic (exact) mass is 532 g/mol. The summed E-state index contributed by atoms with van der Waals surface area (Å²) >= 11 is 0. The minimum absolute atomic E-state index is 0.254. The molecular formula is C33H32N4O3. The fourth-order valence-electron chi connectivity index (χ4n) is 4.33. The van der Waals surface area contributed by atoms with Crippen LogP contribution in [0, 0.1) is 18.3 Å². The molecule has 0 heterocycles.